The molecule has 0 saturated heterocycles. The number of thioether (sulfide) groups is 1. The molecule has 0 bridgehead atoms. The number of amides is 1. The maximum absolute atomic E-state index is 11.8. The summed E-state index contributed by atoms with van der Waals surface area (Å²) in [6.45, 7) is -1.46. The van der Waals surface area contributed by atoms with Crippen LogP contribution in [0.25, 0.3) is 0 Å². The van der Waals surface area contributed by atoms with Gasteiger partial charge in [-0.3, -0.25) is 0 Å². The number of alkyl carbamates (subject to hydrolysis) is 1. The Bertz CT molecular complexity index is 471. The third kappa shape index (κ3) is 7.12. The molecule has 0 saturated carbocycles. The molecule has 1 N–H and O–H groups in total. The van der Waals surface area contributed by atoms with Crippen molar-refractivity contribution in [1.82, 2.24) is 5.32 Å². The topological polar surface area (TPSA) is 38.3 Å². The summed E-state index contributed by atoms with van der Waals surface area (Å²) >= 11 is 13.0. The van der Waals surface area contributed by atoms with Gasteiger partial charge >= 0.3 is 12.3 Å². The molecule has 0 aliphatic heterocycles. The summed E-state index contributed by atoms with van der Waals surface area (Å²) in [6, 6.07) is 4.94. The SMILES string of the molecule is O=C(NCCSc1cc(Cl)ccc1Cl)OCC(F)(F)F. The van der Waals surface area contributed by atoms with Crippen LogP contribution in [0.15, 0.2) is 23.1 Å². The number of ether oxygens (including phenoxy) is 1. The Kier molecular flexibility index (Phi) is 6.78. The van der Waals surface area contributed by atoms with Gasteiger partial charge in [-0.15, -0.1) is 11.8 Å². The second kappa shape index (κ2) is 7.85. The van der Waals surface area contributed by atoms with Crippen LogP contribution < -0.4 is 5.32 Å². The number of carbonyl (C=O) groups excluding carboxylic acids is 1. The molecule has 0 aliphatic carbocycles. The summed E-state index contributed by atoms with van der Waals surface area (Å²) in [4.78, 5) is 11.7. The third-order valence-corrected chi connectivity index (χ3v) is 3.62. The van der Waals surface area contributed by atoms with Crippen LogP contribution in [0, 0.1) is 0 Å². The molecule has 112 valence electrons. The van der Waals surface area contributed by atoms with Crippen molar-refractivity contribution in [3.63, 3.8) is 0 Å². The van der Waals surface area contributed by atoms with Gasteiger partial charge < -0.3 is 10.1 Å². The van der Waals surface area contributed by atoms with Crippen LogP contribution >= 0.6 is 35.0 Å². The van der Waals surface area contributed by atoms with E-state index in [0.717, 1.165) is 4.90 Å². The number of hydrogen-bond acceptors (Lipinski definition) is 3. The third-order valence-electron chi connectivity index (χ3n) is 1.89. The second-order valence-electron chi connectivity index (χ2n) is 3.54. The summed E-state index contributed by atoms with van der Waals surface area (Å²) in [5.41, 5.74) is 0. The van der Waals surface area contributed by atoms with E-state index in [1.54, 1.807) is 18.2 Å². The van der Waals surface area contributed by atoms with Crippen molar-refractivity contribution in [3.8, 4) is 0 Å². The number of rotatable bonds is 5. The lowest BCUT2D eigenvalue weighted by atomic mass is 10.4. The molecular weight excluding hydrogens is 338 g/mol. The molecule has 0 aliphatic rings. The number of nitrogens with one attached hydrogen (secondary N) is 1. The van der Waals surface area contributed by atoms with E-state index in [-0.39, 0.29) is 6.54 Å². The van der Waals surface area contributed by atoms with E-state index in [4.69, 9.17) is 23.2 Å². The van der Waals surface area contributed by atoms with Crippen molar-refractivity contribution in [2.24, 2.45) is 0 Å². The van der Waals surface area contributed by atoms with Crippen LogP contribution in [0.1, 0.15) is 0 Å². The Morgan fingerprint density at radius 3 is 2.70 bits per heavy atom. The van der Waals surface area contributed by atoms with E-state index in [9.17, 15) is 18.0 Å². The predicted octanol–water partition coefficient (Wildman–Crippen LogP) is 4.37. The second-order valence-corrected chi connectivity index (χ2v) is 5.52. The number of benzene rings is 1. The van der Waals surface area contributed by atoms with Crippen LogP contribution in [-0.4, -0.2) is 31.2 Å². The molecule has 0 unspecified atom stereocenters. The van der Waals surface area contributed by atoms with Gasteiger partial charge in [-0.05, 0) is 18.2 Å². The van der Waals surface area contributed by atoms with Gasteiger partial charge in [-0.1, -0.05) is 23.2 Å². The molecule has 1 aromatic carbocycles. The highest BCUT2D eigenvalue weighted by atomic mass is 35.5. The number of alkyl halides is 3. The van der Waals surface area contributed by atoms with Gasteiger partial charge in [-0.2, -0.15) is 13.2 Å². The summed E-state index contributed by atoms with van der Waals surface area (Å²) in [5.74, 6) is 0.418. The molecule has 1 rings (SSSR count). The first-order valence-corrected chi connectivity index (χ1v) is 7.07. The first kappa shape index (κ1) is 17.3. The number of halogens is 5. The minimum Gasteiger partial charge on any atom is -0.440 e. The zero-order chi connectivity index (χ0) is 15.2. The summed E-state index contributed by atoms with van der Waals surface area (Å²) < 4.78 is 39.3. The van der Waals surface area contributed by atoms with E-state index >= 15 is 0 Å². The maximum atomic E-state index is 11.8. The Labute approximate surface area is 127 Å². The predicted molar refractivity (Wildman–Crippen MR) is 72.6 cm³/mol. The van der Waals surface area contributed by atoms with Gasteiger partial charge in [0.1, 0.15) is 0 Å². The van der Waals surface area contributed by atoms with Crippen molar-refractivity contribution in [2.75, 3.05) is 18.9 Å². The van der Waals surface area contributed by atoms with Crippen LogP contribution in [0.5, 0.6) is 0 Å². The van der Waals surface area contributed by atoms with Gasteiger partial charge in [0, 0.05) is 22.2 Å². The molecular formula is C11H10Cl2F3NO2S. The minimum atomic E-state index is -4.53. The molecule has 0 spiro atoms. The highest BCUT2D eigenvalue weighted by Crippen LogP contribution is 2.29. The van der Waals surface area contributed by atoms with Crippen molar-refractivity contribution in [1.29, 1.82) is 0 Å². The summed E-state index contributed by atoms with van der Waals surface area (Å²) in [7, 11) is 0. The van der Waals surface area contributed by atoms with Gasteiger partial charge in [0.15, 0.2) is 6.61 Å². The Hall–Kier alpha value is -0.790. The number of hydrogen-bond donors (Lipinski definition) is 1. The van der Waals surface area contributed by atoms with Crippen LogP contribution in [0.3, 0.4) is 0 Å². The lowest BCUT2D eigenvalue weighted by molar-refractivity contribution is -0.160. The van der Waals surface area contributed by atoms with E-state index in [2.05, 4.69) is 10.1 Å². The average molecular weight is 348 g/mol. The molecule has 1 amide bonds. The van der Waals surface area contributed by atoms with Crippen LogP contribution in [0.4, 0.5) is 18.0 Å². The Morgan fingerprint density at radius 1 is 1.35 bits per heavy atom. The quantitative estimate of drug-likeness (QED) is 0.634. The van der Waals surface area contributed by atoms with Crippen molar-refractivity contribution >= 4 is 41.1 Å². The lowest BCUT2D eigenvalue weighted by Crippen LogP contribution is -2.30. The Balaban J connectivity index is 2.25. The zero-order valence-corrected chi connectivity index (χ0v) is 12.3. The lowest BCUT2D eigenvalue weighted by Gasteiger charge is -2.09. The average Bonchev–Trinajstić information content (AvgIpc) is 2.35. The van der Waals surface area contributed by atoms with Crippen molar-refractivity contribution in [2.45, 2.75) is 11.1 Å². The van der Waals surface area contributed by atoms with Crippen molar-refractivity contribution in [3.05, 3.63) is 28.2 Å². The molecule has 0 fully saturated rings. The standard InChI is InChI=1S/C11H10Cl2F3NO2S/c12-7-1-2-8(13)9(5-7)20-4-3-17-10(18)19-6-11(14,15)16/h1-2,5H,3-4,6H2,(H,17,18). The van der Waals surface area contributed by atoms with Gasteiger partial charge in [-0.25, -0.2) is 4.79 Å². The first-order valence-electron chi connectivity index (χ1n) is 5.33. The fourth-order valence-electron chi connectivity index (χ4n) is 1.10. The molecule has 0 atom stereocenters. The minimum absolute atomic E-state index is 0.143. The molecule has 20 heavy (non-hydrogen) atoms. The fraction of sp³-hybridized carbons (Fsp3) is 0.364. The zero-order valence-electron chi connectivity index (χ0n) is 9.97. The van der Waals surface area contributed by atoms with E-state index < -0.39 is 18.9 Å². The van der Waals surface area contributed by atoms with E-state index in [1.165, 1.54) is 11.8 Å². The molecule has 1 aromatic rings. The van der Waals surface area contributed by atoms with E-state index in [0.29, 0.717) is 15.8 Å². The summed E-state index contributed by atoms with van der Waals surface area (Å²) in [5, 5.41) is 3.24. The largest absolute Gasteiger partial charge is 0.440 e. The fourth-order valence-corrected chi connectivity index (χ4v) is 2.46. The van der Waals surface area contributed by atoms with Gasteiger partial charge in [0.2, 0.25) is 0 Å². The maximum Gasteiger partial charge on any atom is 0.422 e. The van der Waals surface area contributed by atoms with Gasteiger partial charge in [0.05, 0.1) is 5.02 Å². The Morgan fingerprint density at radius 2 is 2.05 bits per heavy atom. The van der Waals surface area contributed by atoms with Crippen LogP contribution in [0.2, 0.25) is 10.0 Å². The van der Waals surface area contributed by atoms with E-state index in [1.807, 2.05) is 0 Å². The summed E-state index contributed by atoms with van der Waals surface area (Å²) in [6.07, 6.45) is -5.64. The van der Waals surface area contributed by atoms with Gasteiger partial charge in [0.25, 0.3) is 0 Å². The molecule has 0 radical (unpaired) electrons. The smallest absolute Gasteiger partial charge is 0.422 e. The monoisotopic (exact) mass is 347 g/mol. The first-order chi connectivity index (χ1) is 9.28. The van der Waals surface area contributed by atoms with Crippen molar-refractivity contribution < 1.29 is 22.7 Å². The normalized spacial score (nSPS) is 11.2. The molecule has 9 heteroatoms. The number of carbonyl (C=O) groups is 1. The molecule has 0 aromatic heterocycles. The van der Waals surface area contributed by atoms with Crippen LogP contribution in [-0.2, 0) is 4.74 Å². The highest BCUT2D eigenvalue weighted by molar-refractivity contribution is 7.99. The highest BCUT2D eigenvalue weighted by Gasteiger charge is 2.29. The molecule has 0 heterocycles. The molecule has 3 nitrogen and oxygen atoms in total.